The van der Waals surface area contributed by atoms with E-state index in [0.717, 1.165) is 0 Å². The molecule has 0 aliphatic heterocycles. The lowest BCUT2D eigenvalue weighted by molar-refractivity contribution is -0.0674. The lowest BCUT2D eigenvalue weighted by atomic mass is 10.1. The Bertz CT molecular complexity index is 72.8. The first-order valence-electron chi connectivity index (χ1n) is 2.52. The van der Waals surface area contributed by atoms with Gasteiger partial charge in [-0.15, -0.1) is 0 Å². The van der Waals surface area contributed by atoms with Gasteiger partial charge in [0.2, 0.25) is 0 Å². The zero-order valence-corrected chi connectivity index (χ0v) is 5.44. The van der Waals surface area contributed by atoms with E-state index in [1.807, 2.05) is 0 Å². The van der Waals surface area contributed by atoms with Gasteiger partial charge in [0, 0.05) is 0 Å². The minimum atomic E-state index is -1.03. The topological polar surface area (TPSA) is 35.2 Å². The third-order valence-electron chi connectivity index (χ3n) is 1.26. The van der Waals surface area contributed by atoms with E-state index in [-0.39, 0.29) is 0 Å². The molecule has 0 radical (unpaired) electrons. The summed E-state index contributed by atoms with van der Waals surface area (Å²) in [6, 6.07) is 0. The number of alkyl halides is 1. The Hall–Kier alpha value is -0.150. The molecule has 50 valence electrons. The largest absolute Gasteiger partial charge is 0.296 e. The van der Waals surface area contributed by atoms with Crippen molar-refractivity contribution in [3.05, 3.63) is 0 Å². The highest BCUT2D eigenvalue weighted by Gasteiger charge is 2.25. The van der Waals surface area contributed by atoms with Crippen LogP contribution in [0.1, 0.15) is 20.8 Å². The van der Waals surface area contributed by atoms with Crippen LogP contribution in [-0.2, 0) is 4.84 Å². The molecule has 1 unspecified atom stereocenters. The molecule has 2 nitrogen and oxygen atoms in total. The summed E-state index contributed by atoms with van der Waals surface area (Å²) in [5.74, 6) is 4.77. The molecule has 0 aliphatic rings. The molecule has 0 saturated carbocycles. The Morgan fingerprint density at radius 1 is 1.62 bits per heavy atom. The molecule has 8 heavy (non-hydrogen) atoms. The average molecular weight is 121 g/mol. The van der Waals surface area contributed by atoms with Crippen molar-refractivity contribution in [1.29, 1.82) is 0 Å². The van der Waals surface area contributed by atoms with Crippen molar-refractivity contribution in [2.75, 3.05) is 0 Å². The normalized spacial score (nSPS) is 16.1. The first kappa shape index (κ1) is 7.85. The smallest absolute Gasteiger partial charge is 0.128 e. The third-order valence-corrected chi connectivity index (χ3v) is 1.26. The molecular formula is C5H12FNO. The number of halogens is 1. The van der Waals surface area contributed by atoms with Gasteiger partial charge >= 0.3 is 0 Å². The predicted molar refractivity (Wildman–Crippen MR) is 29.9 cm³/mol. The Morgan fingerprint density at radius 2 is 2.00 bits per heavy atom. The lowest BCUT2D eigenvalue weighted by Gasteiger charge is -2.22. The van der Waals surface area contributed by atoms with Crippen molar-refractivity contribution in [2.24, 2.45) is 5.90 Å². The van der Waals surface area contributed by atoms with Crippen molar-refractivity contribution >= 4 is 0 Å². The van der Waals surface area contributed by atoms with Gasteiger partial charge in [-0.3, -0.25) is 4.84 Å². The van der Waals surface area contributed by atoms with Crippen LogP contribution in [0.5, 0.6) is 0 Å². The predicted octanol–water partition coefficient (Wildman–Crippen LogP) is 1.01. The standard InChI is InChI=1S/C5H12FNO/c1-4(6)5(2,3)8-7/h4H,7H2,1-3H3. The molecule has 0 aromatic heterocycles. The van der Waals surface area contributed by atoms with Crippen LogP contribution >= 0.6 is 0 Å². The number of rotatable bonds is 2. The molecule has 0 amide bonds. The van der Waals surface area contributed by atoms with Crippen LogP contribution in [0.25, 0.3) is 0 Å². The summed E-state index contributed by atoms with van der Waals surface area (Å²) in [4.78, 5) is 4.32. The molecule has 0 rings (SSSR count). The van der Waals surface area contributed by atoms with Crippen molar-refractivity contribution in [3.63, 3.8) is 0 Å². The Kier molecular flexibility index (Phi) is 2.37. The Morgan fingerprint density at radius 3 is 2.00 bits per heavy atom. The van der Waals surface area contributed by atoms with Crippen molar-refractivity contribution in [2.45, 2.75) is 32.5 Å². The van der Waals surface area contributed by atoms with Crippen LogP contribution in [0, 0.1) is 0 Å². The quantitative estimate of drug-likeness (QED) is 0.553. The maximum atomic E-state index is 12.3. The molecular weight excluding hydrogens is 109 g/mol. The van der Waals surface area contributed by atoms with Crippen LogP contribution in [0.15, 0.2) is 0 Å². The first-order chi connectivity index (χ1) is 3.50. The van der Waals surface area contributed by atoms with Gasteiger partial charge in [0.25, 0.3) is 0 Å². The minimum absolute atomic E-state index is 0.847. The van der Waals surface area contributed by atoms with E-state index in [2.05, 4.69) is 4.84 Å². The highest BCUT2D eigenvalue weighted by atomic mass is 19.1. The molecule has 0 aromatic rings. The summed E-state index contributed by atoms with van der Waals surface area (Å²) in [7, 11) is 0. The second-order valence-electron chi connectivity index (χ2n) is 2.34. The first-order valence-corrected chi connectivity index (χ1v) is 2.52. The molecule has 0 bridgehead atoms. The minimum Gasteiger partial charge on any atom is -0.296 e. The van der Waals surface area contributed by atoms with E-state index in [1.54, 1.807) is 13.8 Å². The Balaban J connectivity index is 3.71. The molecule has 1 atom stereocenters. The van der Waals surface area contributed by atoms with Gasteiger partial charge in [-0.2, -0.15) is 0 Å². The molecule has 0 spiro atoms. The van der Waals surface area contributed by atoms with Gasteiger partial charge < -0.3 is 0 Å². The maximum absolute atomic E-state index is 12.3. The van der Waals surface area contributed by atoms with Crippen molar-refractivity contribution in [3.8, 4) is 0 Å². The zero-order chi connectivity index (χ0) is 6.78. The van der Waals surface area contributed by atoms with Gasteiger partial charge in [-0.1, -0.05) is 0 Å². The fraction of sp³-hybridized carbons (Fsp3) is 1.00. The number of hydrogen-bond donors (Lipinski definition) is 1. The van der Waals surface area contributed by atoms with Crippen LogP contribution in [0.2, 0.25) is 0 Å². The maximum Gasteiger partial charge on any atom is 0.128 e. The van der Waals surface area contributed by atoms with Crippen LogP contribution in [0.4, 0.5) is 4.39 Å². The zero-order valence-electron chi connectivity index (χ0n) is 5.44. The summed E-state index contributed by atoms with van der Waals surface area (Å²) in [5, 5.41) is 0. The fourth-order valence-electron chi connectivity index (χ4n) is 0.0938. The van der Waals surface area contributed by atoms with Gasteiger partial charge in [0.05, 0.1) is 0 Å². The summed E-state index contributed by atoms with van der Waals surface area (Å²) in [6.45, 7) is 4.60. The summed E-state index contributed by atoms with van der Waals surface area (Å²) in [6.07, 6.45) is -1.03. The van der Waals surface area contributed by atoms with Crippen LogP contribution in [0.3, 0.4) is 0 Å². The second-order valence-corrected chi connectivity index (χ2v) is 2.34. The van der Waals surface area contributed by atoms with E-state index in [9.17, 15) is 4.39 Å². The van der Waals surface area contributed by atoms with Crippen LogP contribution < -0.4 is 5.90 Å². The van der Waals surface area contributed by atoms with Gasteiger partial charge in [-0.05, 0) is 20.8 Å². The van der Waals surface area contributed by atoms with E-state index in [1.165, 1.54) is 6.92 Å². The van der Waals surface area contributed by atoms with Gasteiger partial charge in [0.1, 0.15) is 11.8 Å². The van der Waals surface area contributed by atoms with E-state index in [4.69, 9.17) is 5.90 Å². The van der Waals surface area contributed by atoms with Crippen molar-refractivity contribution in [1.82, 2.24) is 0 Å². The molecule has 0 aromatic carbocycles. The highest BCUT2D eigenvalue weighted by molar-refractivity contribution is 4.73. The van der Waals surface area contributed by atoms with Gasteiger partial charge in [-0.25, -0.2) is 10.3 Å². The summed E-state index contributed by atoms with van der Waals surface area (Å²) >= 11 is 0. The number of hydrogen-bond acceptors (Lipinski definition) is 2. The summed E-state index contributed by atoms with van der Waals surface area (Å²) < 4.78 is 12.3. The second kappa shape index (κ2) is 2.42. The van der Waals surface area contributed by atoms with E-state index < -0.39 is 11.8 Å². The molecule has 0 fully saturated rings. The van der Waals surface area contributed by atoms with Gasteiger partial charge in [0.15, 0.2) is 0 Å². The molecule has 2 N–H and O–H groups in total. The SMILES string of the molecule is CC(F)C(C)(C)ON. The van der Waals surface area contributed by atoms with Crippen molar-refractivity contribution < 1.29 is 9.23 Å². The number of nitrogens with two attached hydrogens (primary N) is 1. The van der Waals surface area contributed by atoms with E-state index >= 15 is 0 Å². The highest BCUT2D eigenvalue weighted by Crippen LogP contribution is 2.14. The Labute approximate surface area is 48.8 Å². The molecule has 0 aliphatic carbocycles. The fourth-order valence-corrected chi connectivity index (χ4v) is 0.0938. The molecule has 0 heterocycles. The molecule has 0 saturated heterocycles. The third kappa shape index (κ3) is 1.76. The molecule has 3 heteroatoms. The average Bonchev–Trinajstić information content (AvgIpc) is 1.67. The monoisotopic (exact) mass is 121 g/mol. The summed E-state index contributed by atoms with van der Waals surface area (Å²) in [5.41, 5.74) is -0.847. The lowest BCUT2D eigenvalue weighted by Crippen LogP contribution is -2.36. The van der Waals surface area contributed by atoms with Crippen LogP contribution in [-0.4, -0.2) is 11.8 Å². The van der Waals surface area contributed by atoms with E-state index in [0.29, 0.717) is 0 Å².